The predicted octanol–water partition coefficient (Wildman–Crippen LogP) is 4.72. The highest BCUT2D eigenvalue weighted by Crippen LogP contribution is 2.53. The van der Waals surface area contributed by atoms with Gasteiger partial charge in [-0.05, 0) is 74.1 Å². The first kappa shape index (κ1) is 27.6. The number of hydrogen-bond donors (Lipinski definition) is 1. The van der Waals surface area contributed by atoms with E-state index in [1.165, 1.54) is 23.2 Å². The molecule has 234 valence electrons. The maximum absolute atomic E-state index is 12.9. The summed E-state index contributed by atoms with van der Waals surface area (Å²) in [6.07, 6.45) is 12.3. The number of aryl methyl sites for hydroxylation is 1. The molecule has 0 radical (unpaired) electrons. The molecule has 0 unspecified atom stereocenters. The number of hydrogen-bond acceptors (Lipinski definition) is 9. The summed E-state index contributed by atoms with van der Waals surface area (Å²) in [5.41, 5.74) is 7.91. The first-order valence-electron chi connectivity index (χ1n) is 15.8. The van der Waals surface area contributed by atoms with Crippen molar-refractivity contribution in [3.05, 3.63) is 96.1 Å². The molecule has 2 aliphatic carbocycles. The van der Waals surface area contributed by atoms with Gasteiger partial charge in [0.2, 0.25) is 5.91 Å². The van der Waals surface area contributed by atoms with E-state index in [-0.39, 0.29) is 30.3 Å². The highest BCUT2D eigenvalue weighted by Gasteiger charge is 2.43. The van der Waals surface area contributed by atoms with Gasteiger partial charge in [0.05, 0.1) is 29.1 Å². The van der Waals surface area contributed by atoms with Crippen LogP contribution in [0.25, 0.3) is 22.2 Å². The Morgan fingerprint density at radius 3 is 2.64 bits per heavy atom. The zero-order chi connectivity index (χ0) is 31.8. The lowest BCUT2D eigenvalue weighted by Gasteiger charge is -2.17. The molecule has 9 rings (SSSR count). The molecule has 3 amide bonds. The van der Waals surface area contributed by atoms with E-state index >= 15 is 0 Å². The zero-order valence-electron chi connectivity index (χ0n) is 25.9. The minimum Gasteiger partial charge on any atom is -0.379 e. The lowest BCUT2D eigenvalue weighted by atomic mass is 10.1. The molecule has 0 bridgehead atoms. The van der Waals surface area contributed by atoms with Crippen LogP contribution in [0.15, 0.2) is 67.6 Å². The molecule has 1 N–H and O–H groups in total. The van der Waals surface area contributed by atoms with Gasteiger partial charge in [0, 0.05) is 59.9 Å². The Bertz CT molecular complexity index is 2220. The van der Waals surface area contributed by atoms with Crippen LogP contribution in [-0.2, 0) is 11.3 Å². The monoisotopic (exact) mass is 625 g/mol. The smallest absolute Gasteiger partial charge is 0.331 e. The van der Waals surface area contributed by atoms with Crippen LogP contribution in [0.2, 0.25) is 0 Å². The van der Waals surface area contributed by atoms with Crippen LogP contribution < -0.4 is 10.2 Å². The zero-order valence-corrected chi connectivity index (χ0v) is 25.9. The Labute approximate surface area is 269 Å². The Morgan fingerprint density at radius 1 is 0.979 bits per heavy atom. The highest BCUT2D eigenvalue weighted by molar-refractivity contribution is 6.13. The van der Waals surface area contributed by atoms with Crippen molar-refractivity contribution in [1.29, 1.82) is 0 Å². The normalized spacial score (nSPS) is 19.4. The molecule has 3 fully saturated rings. The van der Waals surface area contributed by atoms with Crippen molar-refractivity contribution in [3.8, 4) is 5.69 Å². The van der Waals surface area contributed by atoms with Gasteiger partial charge in [0.1, 0.15) is 25.0 Å². The van der Waals surface area contributed by atoms with Gasteiger partial charge in [0.15, 0.2) is 5.65 Å². The van der Waals surface area contributed by atoms with Crippen LogP contribution in [0.3, 0.4) is 0 Å². The topological polar surface area (TPSA) is 139 Å². The van der Waals surface area contributed by atoms with Crippen molar-refractivity contribution in [2.24, 2.45) is 0 Å². The Kier molecular flexibility index (Phi) is 6.11. The quantitative estimate of drug-likeness (QED) is 0.238. The van der Waals surface area contributed by atoms with Crippen LogP contribution in [0.1, 0.15) is 65.5 Å². The minimum absolute atomic E-state index is 0.0157. The fourth-order valence-electron chi connectivity index (χ4n) is 6.56. The van der Waals surface area contributed by atoms with E-state index in [1.54, 1.807) is 11.0 Å². The molecule has 2 saturated carbocycles. The number of carbonyl (C=O) groups excluding carboxylic acids is 2. The fourth-order valence-corrected chi connectivity index (χ4v) is 6.56. The minimum atomic E-state index is -0.329. The summed E-state index contributed by atoms with van der Waals surface area (Å²) < 4.78 is 3.76. The van der Waals surface area contributed by atoms with E-state index in [2.05, 4.69) is 49.8 Å². The van der Waals surface area contributed by atoms with Crippen LogP contribution in [0.4, 0.5) is 16.2 Å². The van der Waals surface area contributed by atoms with Gasteiger partial charge in [-0.15, -0.1) is 0 Å². The van der Waals surface area contributed by atoms with Crippen molar-refractivity contribution >= 4 is 39.9 Å². The van der Waals surface area contributed by atoms with Gasteiger partial charge < -0.3 is 9.72 Å². The number of pyridine rings is 2. The Hall–Kier alpha value is -5.72. The summed E-state index contributed by atoms with van der Waals surface area (Å²) in [5.74, 6) is 1.58. The Morgan fingerprint density at radius 2 is 1.87 bits per heavy atom. The number of urea groups is 1. The molecular weight excluding hydrogens is 594 g/mol. The number of benzene rings is 1. The number of fused-ring (bicyclic) bond motifs is 2. The summed E-state index contributed by atoms with van der Waals surface area (Å²) in [4.78, 5) is 51.3. The van der Waals surface area contributed by atoms with Crippen molar-refractivity contribution in [2.45, 2.75) is 50.5 Å². The number of likely N-dealkylation sites (N-methyl/N-ethyl adjacent to an activating group) is 1. The highest BCUT2D eigenvalue weighted by atomic mass is 16.2. The van der Waals surface area contributed by atoms with Crippen LogP contribution in [0, 0.1) is 6.92 Å². The van der Waals surface area contributed by atoms with E-state index in [9.17, 15) is 9.59 Å². The second kappa shape index (κ2) is 10.4. The average Bonchev–Trinajstić information content (AvgIpc) is 3.97. The largest absolute Gasteiger partial charge is 0.379 e. The molecule has 47 heavy (non-hydrogen) atoms. The number of amides is 3. The lowest BCUT2D eigenvalue weighted by Crippen LogP contribution is -2.30. The molecule has 3 aliphatic rings. The molecule has 1 saturated heterocycles. The second-order valence-electron chi connectivity index (χ2n) is 12.7. The molecule has 2 atom stereocenters. The maximum atomic E-state index is 12.9. The SMILES string of the molecule is Cc1ccnc([C@H]2C[C@@H]2c2cc(-n3cncn3)c3ccc(NCc4cn5cc(C6CC6)cc(N6CC(=O)N(C)C6=O)c5n4)cc3n2)n1. The first-order valence-corrected chi connectivity index (χ1v) is 15.8. The van der Waals surface area contributed by atoms with Crippen molar-refractivity contribution < 1.29 is 9.59 Å². The van der Waals surface area contributed by atoms with E-state index in [4.69, 9.17) is 9.97 Å². The van der Waals surface area contributed by atoms with Crippen LogP contribution in [-0.4, -0.2) is 69.5 Å². The van der Waals surface area contributed by atoms with Gasteiger partial charge in [-0.25, -0.2) is 29.4 Å². The van der Waals surface area contributed by atoms with Gasteiger partial charge in [-0.3, -0.25) is 19.6 Å². The third-order valence-electron chi connectivity index (χ3n) is 9.39. The van der Waals surface area contributed by atoms with Gasteiger partial charge in [-0.2, -0.15) is 5.10 Å². The molecule has 1 aliphatic heterocycles. The maximum Gasteiger partial charge on any atom is 0.331 e. The molecule has 6 aromatic rings. The van der Waals surface area contributed by atoms with Crippen molar-refractivity contribution in [3.63, 3.8) is 0 Å². The number of carbonyl (C=O) groups is 2. The molecule has 1 aromatic carbocycles. The number of nitrogens with zero attached hydrogens (tertiary/aromatic N) is 10. The number of imidazole rings is 1. The van der Waals surface area contributed by atoms with Gasteiger partial charge >= 0.3 is 6.03 Å². The van der Waals surface area contributed by atoms with Gasteiger partial charge in [0.25, 0.3) is 0 Å². The summed E-state index contributed by atoms with van der Waals surface area (Å²) in [6, 6.07) is 11.8. The number of anilines is 2. The number of nitrogens with one attached hydrogen (secondary N) is 1. The second-order valence-corrected chi connectivity index (χ2v) is 12.7. The summed E-state index contributed by atoms with van der Waals surface area (Å²) in [6.45, 7) is 2.46. The number of aromatic nitrogens is 8. The molecule has 0 spiro atoms. The summed E-state index contributed by atoms with van der Waals surface area (Å²) >= 11 is 0. The van der Waals surface area contributed by atoms with Gasteiger partial charge in [-0.1, -0.05) is 0 Å². The van der Waals surface area contributed by atoms with Crippen molar-refractivity contribution in [2.75, 3.05) is 23.8 Å². The van der Waals surface area contributed by atoms with Crippen LogP contribution >= 0.6 is 0 Å². The fraction of sp³-hybridized carbons (Fsp3) is 0.294. The van der Waals surface area contributed by atoms with E-state index in [1.807, 2.05) is 41.9 Å². The van der Waals surface area contributed by atoms with E-state index in [0.717, 1.165) is 70.0 Å². The standard InChI is InChI=1S/C34H31N11O2/c1-19-7-8-36-32(39-19)26-11-25(26)28-12-29(45-18-35-17-38-45)24-6-5-22(10-27(24)41-28)37-13-23-15-43-14-21(20-3-4-20)9-30(33(43)40-23)44-16-31(46)42(2)34(44)47/h5-10,12,14-15,17-18,20,25-26,37H,3-4,11,13,16H2,1-2H3/t25-,26-/m0/s1. The Balaban J connectivity index is 1.03. The predicted molar refractivity (Wildman–Crippen MR) is 174 cm³/mol. The lowest BCUT2D eigenvalue weighted by molar-refractivity contribution is -0.123. The first-order chi connectivity index (χ1) is 22.9. The summed E-state index contributed by atoms with van der Waals surface area (Å²) in [7, 11) is 1.52. The molecule has 6 heterocycles. The van der Waals surface area contributed by atoms with E-state index in [0.29, 0.717) is 23.8 Å². The van der Waals surface area contributed by atoms with Crippen LogP contribution in [0.5, 0.6) is 0 Å². The average molecular weight is 626 g/mol. The third-order valence-corrected chi connectivity index (χ3v) is 9.39. The molecule has 5 aromatic heterocycles. The van der Waals surface area contributed by atoms with E-state index < -0.39 is 0 Å². The number of imide groups is 1. The van der Waals surface area contributed by atoms with Crippen molar-refractivity contribution in [1.82, 2.24) is 44.0 Å². The molecular formula is C34H31N11O2. The molecule has 13 heteroatoms. The third kappa shape index (κ3) is 4.85. The molecule has 13 nitrogen and oxygen atoms in total. The summed E-state index contributed by atoms with van der Waals surface area (Å²) in [5, 5.41) is 8.90. The number of rotatable bonds is 8.